The molecule has 0 spiro atoms. The van der Waals surface area contributed by atoms with Gasteiger partial charge >= 0.3 is 0 Å². The second-order valence-electron chi connectivity index (χ2n) is 3.41. The Hall–Kier alpha value is -0.870. The molecule has 13 heavy (non-hydrogen) atoms. The minimum Gasteiger partial charge on any atom is -0.332 e. The Balaban J connectivity index is 2.49. The number of nitrogens with one attached hydrogen (secondary N) is 1. The predicted octanol–water partition coefficient (Wildman–Crippen LogP) is 0.164. The van der Waals surface area contributed by atoms with Crippen molar-refractivity contribution in [1.29, 1.82) is 0 Å². The summed E-state index contributed by atoms with van der Waals surface area (Å²) in [6, 6.07) is 0. The van der Waals surface area contributed by atoms with Crippen LogP contribution in [0.25, 0.3) is 0 Å². The van der Waals surface area contributed by atoms with Gasteiger partial charge in [0, 0.05) is 25.8 Å². The van der Waals surface area contributed by atoms with Crippen LogP contribution in [0.15, 0.2) is 12.5 Å². The highest BCUT2D eigenvalue weighted by atomic mass is 15.1. The first kappa shape index (κ1) is 10.2. The lowest BCUT2D eigenvalue weighted by Gasteiger charge is -2.12. The Morgan fingerprint density at radius 2 is 2.31 bits per heavy atom. The van der Waals surface area contributed by atoms with Gasteiger partial charge in [0.15, 0.2) is 0 Å². The van der Waals surface area contributed by atoms with Gasteiger partial charge in [-0.3, -0.25) is 0 Å². The van der Waals surface area contributed by atoms with Crippen molar-refractivity contribution in [3.8, 4) is 0 Å². The van der Waals surface area contributed by atoms with Crippen LogP contribution in [-0.4, -0.2) is 42.1 Å². The molecule has 0 aliphatic heterocycles. The number of nitrogens with zero attached hydrogens (tertiary/aromatic N) is 3. The summed E-state index contributed by atoms with van der Waals surface area (Å²) in [6.07, 6.45) is 3.79. The van der Waals surface area contributed by atoms with Crippen molar-refractivity contribution < 1.29 is 0 Å². The fraction of sp³-hybridized carbons (Fsp3) is 0.667. The van der Waals surface area contributed by atoms with E-state index in [1.807, 2.05) is 19.6 Å². The molecule has 0 atom stereocenters. The van der Waals surface area contributed by atoms with Gasteiger partial charge in [-0.1, -0.05) is 0 Å². The molecule has 74 valence electrons. The van der Waals surface area contributed by atoms with E-state index < -0.39 is 0 Å². The lowest BCUT2D eigenvalue weighted by atomic mass is 10.4. The Bertz CT molecular complexity index is 242. The number of likely N-dealkylation sites (N-methyl/N-ethyl adjacent to an activating group) is 1. The lowest BCUT2D eigenvalue weighted by molar-refractivity contribution is 0.380. The predicted molar refractivity (Wildman–Crippen MR) is 53.5 cm³/mol. The molecule has 1 N–H and O–H groups in total. The smallest absolute Gasteiger partial charge is 0.0949 e. The van der Waals surface area contributed by atoms with Crippen LogP contribution in [0.2, 0.25) is 0 Å². The summed E-state index contributed by atoms with van der Waals surface area (Å²) in [4.78, 5) is 6.29. The van der Waals surface area contributed by atoms with Crippen molar-refractivity contribution >= 4 is 0 Å². The summed E-state index contributed by atoms with van der Waals surface area (Å²) in [6.45, 7) is 2.94. The molecule has 0 amide bonds. The van der Waals surface area contributed by atoms with Gasteiger partial charge in [-0.2, -0.15) is 0 Å². The van der Waals surface area contributed by atoms with Crippen LogP contribution in [0.1, 0.15) is 5.69 Å². The fourth-order valence-corrected chi connectivity index (χ4v) is 1.19. The molecule has 1 aromatic rings. The van der Waals surface area contributed by atoms with Gasteiger partial charge in [-0.05, 0) is 21.1 Å². The molecule has 0 unspecified atom stereocenters. The highest BCUT2D eigenvalue weighted by Crippen LogP contribution is 1.98. The molecule has 0 aliphatic rings. The average Bonchev–Trinajstić information content (AvgIpc) is 2.49. The second kappa shape index (κ2) is 4.99. The normalized spacial score (nSPS) is 11.1. The quantitative estimate of drug-likeness (QED) is 0.704. The highest BCUT2D eigenvalue weighted by molar-refractivity contribution is 4.97. The maximum Gasteiger partial charge on any atom is 0.0949 e. The largest absolute Gasteiger partial charge is 0.332 e. The molecule has 0 fully saturated rings. The molecule has 1 aromatic heterocycles. The summed E-state index contributed by atoms with van der Waals surface area (Å²) >= 11 is 0. The van der Waals surface area contributed by atoms with Crippen molar-refractivity contribution in [2.45, 2.75) is 13.1 Å². The van der Waals surface area contributed by atoms with E-state index in [-0.39, 0.29) is 0 Å². The number of hydrogen-bond donors (Lipinski definition) is 1. The van der Waals surface area contributed by atoms with Crippen LogP contribution in [0.5, 0.6) is 0 Å². The van der Waals surface area contributed by atoms with E-state index in [9.17, 15) is 0 Å². The van der Waals surface area contributed by atoms with E-state index in [4.69, 9.17) is 0 Å². The van der Waals surface area contributed by atoms with Crippen molar-refractivity contribution in [2.75, 3.05) is 27.7 Å². The van der Waals surface area contributed by atoms with Crippen LogP contribution in [0.3, 0.4) is 0 Å². The molecule has 1 rings (SSSR count). The van der Waals surface area contributed by atoms with Crippen molar-refractivity contribution in [1.82, 2.24) is 19.8 Å². The first-order valence-corrected chi connectivity index (χ1v) is 4.52. The zero-order chi connectivity index (χ0) is 9.68. The van der Waals surface area contributed by atoms with Crippen molar-refractivity contribution in [3.63, 3.8) is 0 Å². The number of rotatable bonds is 5. The molecule has 1 heterocycles. The third-order valence-corrected chi connectivity index (χ3v) is 1.94. The summed E-state index contributed by atoms with van der Waals surface area (Å²) in [5.41, 5.74) is 1.24. The van der Waals surface area contributed by atoms with Crippen LogP contribution < -0.4 is 5.32 Å². The molecule has 0 saturated carbocycles. The zero-order valence-corrected chi connectivity index (χ0v) is 8.62. The van der Waals surface area contributed by atoms with Gasteiger partial charge in [-0.15, -0.1) is 0 Å². The minimum absolute atomic E-state index is 0.882. The molecule has 0 bridgehead atoms. The monoisotopic (exact) mass is 182 g/mol. The Labute approximate surface area is 79.6 Å². The molecule has 0 aromatic carbocycles. The highest BCUT2D eigenvalue weighted by Gasteiger charge is 2.00. The standard InChI is InChI=1S/C9H18N4/c1-10-6-9-7-11-8-13(9)5-4-12(2)3/h7-8,10H,4-6H2,1-3H3. The van der Waals surface area contributed by atoms with E-state index in [2.05, 4.69) is 33.9 Å². The van der Waals surface area contributed by atoms with Crippen molar-refractivity contribution in [3.05, 3.63) is 18.2 Å². The van der Waals surface area contributed by atoms with E-state index >= 15 is 0 Å². The molecular weight excluding hydrogens is 164 g/mol. The molecular formula is C9H18N4. The van der Waals surface area contributed by atoms with Crippen LogP contribution >= 0.6 is 0 Å². The van der Waals surface area contributed by atoms with Crippen LogP contribution in [0, 0.1) is 0 Å². The Kier molecular flexibility index (Phi) is 3.92. The topological polar surface area (TPSA) is 33.1 Å². The van der Waals surface area contributed by atoms with Gasteiger partial charge in [-0.25, -0.2) is 4.98 Å². The third-order valence-electron chi connectivity index (χ3n) is 1.94. The van der Waals surface area contributed by atoms with E-state index in [1.165, 1.54) is 5.69 Å². The second-order valence-corrected chi connectivity index (χ2v) is 3.41. The van der Waals surface area contributed by atoms with Crippen LogP contribution in [-0.2, 0) is 13.1 Å². The Morgan fingerprint density at radius 1 is 1.54 bits per heavy atom. The average molecular weight is 182 g/mol. The SMILES string of the molecule is CNCc1cncn1CCN(C)C. The zero-order valence-electron chi connectivity index (χ0n) is 8.62. The Morgan fingerprint density at radius 3 is 2.92 bits per heavy atom. The van der Waals surface area contributed by atoms with E-state index in [0.717, 1.165) is 19.6 Å². The summed E-state index contributed by atoms with van der Waals surface area (Å²) in [5, 5.41) is 3.12. The van der Waals surface area contributed by atoms with Gasteiger partial charge in [0.1, 0.15) is 0 Å². The van der Waals surface area contributed by atoms with Gasteiger partial charge in [0.25, 0.3) is 0 Å². The molecule has 4 heteroatoms. The first-order valence-electron chi connectivity index (χ1n) is 4.52. The third kappa shape index (κ3) is 3.16. The summed E-state index contributed by atoms with van der Waals surface area (Å²) < 4.78 is 2.18. The van der Waals surface area contributed by atoms with Gasteiger partial charge in [0.05, 0.1) is 12.0 Å². The molecule has 0 saturated heterocycles. The maximum atomic E-state index is 4.12. The maximum absolute atomic E-state index is 4.12. The van der Waals surface area contributed by atoms with Gasteiger partial charge in [0.2, 0.25) is 0 Å². The van der Waals surface area contributed by atoms with Crippen molar-refractivity contribution in [2.24, 2.45) is 0 Å². The summed E-state index contributed by atoms with van der Waals surface area (Å²) in [5.74, 6) is 0. The molecule has 0 radical (unpaired) electrons. The first-order chi connectivity index (χ1) is 6.24. The fourth-order valence-electron chi connectivity index (χ4n) is 1.19. The minimum atomic E-state index is 0.882. The number of aromatic nitrogens is 2. The van der Waals surface area contributed by atoms with Gasteiger partial charge < -0.3 is 14.8 Å². The summed E-state index contributed by atoms with van der Waals surface area (Å²) in [7, 11) is 6.10. The molecule has 0 aliphatic carbocycles. The lowest BCUT2D eigenvalue weighted by Crippen LogP contribution is -2.20. The number of hydrogen-bond acceptors (Lipinski definition) is 3. The number of imidazole rings is 1. The van der Waals surface area contributed by atoms with Crippen LogP contribution in [0.4, 0.5) is 0 Å². The molecule has 4 nitrogen and oxygen atoms in total. The van der Waals surface area contributed by atoms with E-state index in [0.29, 0.717) is 0 Å². The van der Waals surface area contributed by atoms with E-state index in [1.54, 1.807) is 0 Å².